The summed E-state index contributed by atoms with van der Waals surface area (Å²) < 4.78 is 0. The average molecular weight is 284 g/mol. The zero-order valence-electron chi connectivity index (χ0n) is 11.7. The molecule has 0 saturated carbocycles. The van der Waals surface area contributed by atoms with Crippen LogP contribution in [-0.4, -0.2) is 38.1 Å². The van der Waals surface area contributed by atoms with Crippen LogP contribution in [0.2, 0.25) is 5.02 Å². The Hall–Kier alpha value is -1.26. The summed E-state index contributed by atoms with van der Waals surface area (Å²) in [5.74, 6) is 0. The third-order valence-electron chi connectivity index (χ3n) is 2.86. The number of carbonyl (C=O) groups excluding carboxylic acids is 1. The third kappa shape index (κ3) is 5.49. The van der Waals surface area contributed by atoms with E-state index in [9.17, 15) is 4.79 Å². The topological polar surface area (TPSA) is 44.4 Å². The van der Waals surface area contributed by atoms with Crippen LogP contribution in [-0.2, 0) is 0 Å². The van der Waals surface area contributed by atoms with E-state index in [1.807, 2.05) is 18.2 Å². The molecule has 1 unspecified atom stereocenters. The summed E-state index contributed by atoms with van der Waals surface area (Å²) in [7, 11) is 3.45. The van der Waals surface area contributed by atoms with Crippen molar-refractivity contribution in [1.29, 1.82) is 0 Å². The lowest BCUT2D eigenvalue weighted by Gasteiger charge is -2.18. The molecule has 5 heteroatoms. The van der Waals surface area contributed by atoms with E-state index in [-0.39, 0.29) is 12.1 Å². The van der Waals surface area contributed by atoms with Gasteiger partial charge in [0.15, 0.2) is 0 Å². The van der Waals surface area contributed by atoms with Gasteiger partial charge in [-0.1, -0.05) is 30.7 Å². The number of rotatable bonds is 6. The highest BCUT2D eigenvalue weighted by Crippen LogP contribution is 2.19. The molecule has 0 bridgehead atoms. The number of amides is 2. The van der Waals surface area contributed by atoms with E-state index in [4.69, 9.17) is 11.6 Å². The molecule has 106 valence electrons. The standard InChI is InChI=1S/C14H22ClN3O/c1-4-13(11-6-5-7-12(15)10-11)16-8-9-17-14(19)18(2)3/h5-7,10,13,16H,4,8-9H2,1-3H3,(H,17,19). The minimum Gasteiger partial charge on any atom is -0.337 e. The van der Waals surface area contributed by atoms with Gasteiger partial charge < -0.3 is 15.5 Å². The number of nitrogens with zero attached hydrogens (tertiary/aromatic N) is 1. The summed E-state index contributed by atoms with van der Waals surface area (Å²) >= 11 is 5.99. The maximum Gasteiger partial charge on any atom is 0.316 e. The number of hydrogen-bond donors (Lipinski definition) is 2. The number of hydrogen-bond acceptors (Lipinski definition) is 2. The van der Waals surface area contributed by atoms with Crippen molar-refractivity contribution in [3.8, 4) is 0 Å². The molecule has 0 fully saturated rings. The van der Waals surface area contributed by atoms with Gasteiger partial charge in [0.2, 0.25) is 0 Å². The van der Waals surface area contributed by atoms with Crippen molar-refractivity contribution in [3.63, 3.8) is 0 Å². The quantitative estimate of drug-likeness (QED) is 0.789. The maximum absolute atomic E-state index is 11.3. The molecule has 0 spiro atoms. The Bertz CT molecular complexity index is 409. The van der Waals surface area contributed by atoms with Crippen LogP contribution in [0.4, 0.5) is 4.79 Å². The molecule has 0 saturated heterocycles. The molecule has 19 heavy (non-hydrogen) atoms. The van der Waals surface area contributed by atoms with Crippen molar-refractivity contribution >= 4 is 17.6 Å². The fraction of sp³-hybridized carbons (Fsp3) is 0.500. The Morgan fingerprint density at radius 1 is 1.37 bits per heavy atom. The smallest absolute Gasteiger partial charge is 0.316 e. The molecular formula is C14H22ClN3O. The van der Waals surface area contributed by atoms with Crippen LogP contribution in [0.25, 0.3) is 0 Å². The highest BCUT2D eigenvalue weighted by Gasteiger charge is 2.09. The Morgan fingerprint density at radius 3 is 2.68 bits per heavy atom. The van der Waals surface area contributed by atoms with Crippen LogP contribution >= 0.6 is 11.6 Å². The molecule has 2 amide bonds. The van der Waals surface area contributed by atoms with Gasteiger partial charge in [0.1, 0.15) is 0 Å². The third-order valence-corrected chi connectivity index (χ3v) is 3.09. The second-order valence-corrected chi connectivity index (χ2v) is 5.03. The number of carbonyl (C=O) groups is 1. The van der Waals surface area contributed by atoms with Gasteiger partial charge in [0.05, 0.1) is 0 Å². The van der Waals surface area contributed by atoms with Crippen LogP contribution in [0.1, 0.15) is 24.9 Å². The highest BCUT2D eigenvalue weighted by atomic mass is 35.5. The first-order valence-electron chi connectivity index (χ1n) is 6.48. The molecule has 0 radical (unpaired) electrons. The molecule has 1 aromatic carbocycles. The van der Waals surface area contributed by atoms with E-state index >= 15 is 0 Å². The average Bonchev–Trinajstić information content (AvgIpc) is 2.38. The minimum absolute atomic E-state index is 0.0717. The molecule has 0 heterocycles. The first kappa shape index (κ1) is 15.8. The fourth-order valence-corrected chi connectivity index (χ4v) is 1.99. The lowest BCUT2D eigenvalue weighted by atomic mass is 10.0. The lowest BCUT2D eigenvalue weighted by Crippen LogP contribution is -2.39. The van der Waals surface area contributed by atoms with Crippen LogP contribution in [0.15, 0.2) is 24.3 Å². The normalized spacial score (nSPS) is 12.0. The van der Waals surface area contributed by atoms with E-state index in [1.54, 1.807) is 14.1 Å². The van der Waals surface area contributed by atoms with Crippen molar-refractivity contribution in [2.45, 2.75) is 19.4 Å². The Labute approximate surface area is 120 Å². The number of benzene rings is 1. The van der Waals surface area contributed by atoms with Crippen LogP contribution < -0.4 is 10.6 Å². The van der Waals surface area contributed by atoms with E-state index < -0.39 is 0 Å². The fourth-order valence-electron chi connectivity index (χ4n) is 1.80. The summed E-state index contributed by atoms with van der Waals surface area (Å²) in [6.07, 6.45) is 0.974. The van der Waals surface area contributed by atoms with Crippen molar-refractivity contribution in [2.24, 2.45) is 0 Å². The summed E-state index contributed by atoms with van der Waals surface area (Å²) in [6.45, 7) is 3.45. The Balaban J connectivity index is 2.39. The monoisotopic (exact) mass is 283 g/mol. The molecule has 0 aromatic heterocycles. The largest absolute Gasteiger partial charge is 0.337 e. The van der Waals surface area contributed by atoms with Gasteiger partial charge in [-0.3, -0.25) is 0 Å². The Kier molecular flexibility index (Phi) is 6.67. The van der Waals surface area contributed by atoms with Gasteiger partial charge in [-0.25, -0.2) is 4.79 Å². The molecule has 1 atom stereocenters. The van der Waals surface area contributed by atoms with E-state index in [1.165, 1.54) is 10.5 Å². The van der Waals surface area contributed by atoms with Crippen molar-refractivity contribution in [3.05, 3.63) is 34.9 Å². The van der Waals surface area contributed by atoms with E-state index in [0.29, 0.717) is 6.54 Å². The molecule has 0 aliphatic heterocycles. The lowest BCUT2D eigenvalue weighted by molar-refractivity contribution is 0.217. The summed E-state index contributed by atoms with van der Waals surface area (Å²) in [5.41, 5.74) is 1.17. The molecule has 1 rings (SSSR count). The van der Waals surface area contributed by atoms with Crippen LogP contribution in [0.5, 0.6) is 0 Å². The zero-order valence-corrected chi connectivity index (χ0v) is 12.5. The molecule has 1 aromatic rings. The second kappa shape index (κ2) is 8.02. The zero-order chi connectivity index (χ0) is 14.3. The van der Waals surface area contributed by atoms with Gasteiger partial charge in [0.25, 0.3) is 0 Å². The minimum atomic E-state index is -0.0717. The molecule has 0 aliphatic carbocycles. The molecule has 4 nitrogen and oxygen atoms in total. The summed E-state index contributed by atoms with van der Waals surface area (Å²) in [4.78, 5) is 12.9. The maximum atomic E-state index is 11.3. The second-order valence-electron chi connectivity index (χ2n) is 4.60. The summed E-state index contributed by atoms with van der Waals surface area (Å²) in [5, 5.41) is 6.99. The van der Waals surface area contributed by atoms with E-state index in [0.717, 1.165) is 18.0 Å². The predicted octanol–water partition coefficient (Wildman–Crippen LogP) is 2.65. The van der Waals surface area contributed by atoms with Crippen molar-refractivity contribution in [1.82, 2.24) is 15.5 Å². The van der Waals surface area contributed by atoms with Gasteiger partial charge >= 0.3 is 6.03 Å². The molecule has 0 aliphatic rings. The van der Waals surface area contributed by atoms with Gasteiger partial charge in [0, 0.05) is 38.2 Å². The van der Waals surface area contributed by atoms with Crippen LogP contribution in [0.3, 0.4) is 0 Å². The Morgan fingerprint density at radius 2 is 2.11 bits per heavy atom. The predicted molar refractivity (Wildman–Crippen MR) is 79.6 cm³/mol. The van der Waals surface area contributed by atoms with Crippen molar-refractivity contribution < 1.29 is 4.79 Å². The number of urea groups is 1. The van der Waals surface area contributed by atoms with Gasteiger partial charge in [-0.15, -0.1) is 0 Å². The molecule has 2 N–H and O–H groups in total. The number of nitrogens with one attached hydrogen (secondary N) is 2. The van der Waals surface area contributed by atoms with Crippen molar-refractivity contribution in [2.75, 3.05) is 27.2 Å². The first-order chi connectivity index (χ1) is 9.04. The summed E-state index contributed by atoms with van der Waals surface area (Å²) in [6, 6.07) is 8.05. The first-order valence-corrected chi connectivity index (χ1v) is 6.86. The molecular weight excluding hydrogens is 262 g/mol. The van der Waals surface area contributed by atoms with Gasteiger partial charge in [-0.05, 0) is 24.1 Å². The SMILES string of the molecule is CCC(NCCNC(=O)N(C)C)c1cccc(Cl)c1. The highest BCUT2D eigenvalue weighted by molar-refractivity contribution is 6.30. The van der Waals surface area contributed by atoms with E-state index in [2.05, 4.69) is 23.6 Å². The van der Waals surface area contributed by atoms with Gasteiger partial charge in [-0.2, -0.15) is 0 Å². The number of halogens is 1. The van der Waals surface area contributed by atoms with Crippen LogP contribution in [0, 0.1) is 0 Å².